The normalized spacial score (nSPS) is 18.9. The molecule has 0 radical (unpaired) electrons. The van der Waals surface area contributed by atoms with Crippen molar-refractivity contribution < 1.29 is 4.42 Å². The number of rotatable bonds is 3. The third kappa shape index (κ3) is 2.52. The van der Waals surface area contributed by atoms with Gasteiger partial charge in [0.1, 0.15) is 11.6 Å². The number of fused-ring (bicyclic) bond motifs is 1. The van der Waals surface area contributed by atoms with Crippen molar-refractivity contribution in [1.82, 2.24) is 14.9 Å². The molecule has 0 aromatic carbocycles. The fourth-order valence-electron chi connectivity index (χ4n) is 2.44. The molecule has 1 N–H and O–H groups in total. The van der Waals surface area contributed by atoms with E-state index in [-0.39, 0.29) is 0 Å². The lowest BCUT2D eigenvalue weighted by molar-refractivity contribution is 0.359. The summed E-state index contributed by atoms with van der Waals surface area (Å²) in [7, 11) is 0. The van der Waals surface area contributed by atoms with E-state index in [4.69, 9.17) is 4.42 Å². The van der Waals surface area contributed by atoms with Crippen molar-refractivity contribution in [2.24, 2.45) is 0 Å². The molecule has 4 nitrogen and oxygen atoms in total. The van der Waals surface area contributed by atoms with Crippen LogP contribution in [-0.2, 0) is 19.5 Å². The van der Waals surface area contributed by atoms with Gasteiger partial charge in [0.15, 0.2) is 4.67 Å². The van der Waals surface area contributed by atoms with Crippen LogP contribution in [0, 0.1) is 6.92 Å². The molecule has 1 atom stereocenters. The van der Waals surface area contributed by atoms with E-state index >= 15 is 0 Å². The van der Waals surface area contributed by atoms with Crippen LogP contribution in [0.25, 0.3) is 0 Å². The van der Waals surface area contributed by atoms with Gasteiger partial charge in [-0.15, -0.1) is 0 Å². The summed E-state index contributed by atoms with van der Waals surface area (Å²) in [4.78, 5) is 4.52. The minimum Gasteiger partial charge on any atom is -0.453 e. The molecule has 2 aromatic rings. The standard InChI is InChI=1S/C13H16BrN3O/c1-9-7-17-8-10(2-5-13(17)16-9)15-6-11-3-4-12(14)18-11/h3-4,7,10,15H,2,5-6,8H2,1H3/t10-/m1/s1. The van der Waals surface area contributed by atoms with Crippen molar-refractivity contribution in [3.05, 3.63) is 40.3 Å². The van der Waals surface area contributed by atoms with Crippen molar-refractivity contribution >= 4 is 15.9 Å². The predicted molar refractivity (Wildman–Crippen MR) is 72.3 cm³/mol. The summed E-state index contributed by atoms with van der Waals surface area (Å²) in [6.45, 7) is 3.82. The molecule has 18 heavy (non-hydrogen) atoms. The second-order valence-corrected chi connectivity index (χ2v) is 5.55. The topological polar surface area (TPSA) is 43.0 Å². The first-order chi connectivity index (χ1) is 8.70. The molecule has 2 aromatic heterocycles. The summed E-state index contributed by atoms with van der Waals surface area (Å²) in [5.74, 6) is 2.18. The van der Waals surface area contributed by atoms with E-state index in [1.807, 2.05) is 19.1 Å². The van der Waals surface area contributed by atoms with E-state index < -0.39 is 0 Å². The highest BCUT2D eigenvalue weighted by molar-refractivity contribution is 9.10. The average Bonchev–Trinajstić information content (AvgIpc) is 2.90. The molecule has 0 amide bonds. The molecule has 96 valence electrons. The molecule has 3 rings (SSSR count). The van der Waals surface area contributed by atoms with E-state index in [2.05, 4.69) is 37.0 Å². The van der Waals surface area contributed by atoms with E-state index in [9.17, 15) is 0 Å². The smallest absolute Gasteiger partial charge is 0.169 e. The largest absolute Gasteiger partial charge is 0.453 e. The third-order valence-corrected chi connectivity index (χ3v) is 3.73. The van der Waals surface area contributed by atoms with Crippen LogP contribution in [-0.4, -0.2) is 15.6 Å². The highest BCUT2D eigenvalue weighted by Crippen LogP contribution is 2.17. The summed E-state index contributed by atoms with van der Waals surface area (Å²) in [6.07, 6.45) is 4.32. The molecule has 1 aliphatic rings. The van der Waals surface area contributed by atoms with Crippen LogP contribution in [0.4, 0.5) is 0 Å². The lowest BCUT2D eigenvalue weighted by Crippen LogP contribution is -2.36. The van der Waals surface area contributed by atoms with Crippen LogP contribution in [0.3, 0.4) is 0 Å². The Kier molecular flexibility index (Phi) is 3.26. The summed E-state index contributed by atoms with van der Waals surface area (Å²) in [5, 5.41) is 3.54. The molecule has 0 aliphatic carbocycles. The Morgan fingerprint density at radius 1 is 1.56 bits per heavy atom. The highest BCUT2D eigenvalue weighted by atomic mass is 79.9. The van der Waals surface area contributed by atoms with Gasteiger partial charge in [-0.3, -0.25) is 0 Å². The van der Waals surface area contributed by atoms with E-state index in [0.29, 0.717) is 6.04 Å². The Morgan fingerprint density at radius 2 is 2.44 bits per heavy atom. The number of imidazole rings is 1. The summed E-state index contributed by atoms with van der Waals surface area (Å²) in [5.41, 5.74) is 1.11. The zero-order chi connectivity index (χ0) is 12.5. The molecule has 0 spiro atoms. The number of furan rings is 1. The lowest BCUT2D eigenvalue weighted by atomic mass is 10.1. The van der Waals surface area contributed by atoms with Crippen molar-refractivity contribution in [1.29, 1.82) is 0 Å². The zero-order valence-electron chi connectivity index (χ0n) is 10.3. The average molecular weight is 310 g/mol. The monoisotopic (exact) mass is 309 g/mol. The summed E-state index contributed by atoms with van der Waals surface area (Å²) >= 11 is 3.32. The first-order valence-corrected chi connectivity index (χ1v) is 7.00. The maximum absolute atomic E-state index is 5.48. The number of aromatic nitrogens is 2. The Labute approximate surface area is 115 Å². The maximum Gasteiger partial charge on any atom is 0.169 e. The van der Waals surface area contributed by atoms with Crippen LogP contribution < -0.4 is 5.32 Å². The van der Waals surface area contributed by atoms with Gasteiger partial charge in [-0.25, -0.2) is 4.98 Å². The van der Waals surface area contributed by atoms with Gasteiger partial charge in [0.05, 0.1) is 12.2 Å². The minimum atomic E-state index is 0.495. The van der Waals surface area contributed by atoms with Crippen LogP contribution in [0.1, 0.15) is 23.7 Å². The lowest BCUT2D eigenvalue weighted by Gasteiger charge is -2.24. The van der Waals surface area contributed by atoms with Crippen molar-refractivity contribution in [3.63, 3.8) is 0 Å². The third-order valence-electron chi connectivity index (χ3n) is 3.31. The molecular formula is C13H16BrN3O. The van der Waals surface area contributed by atoms with E-state index in [1.165, 1.54) is 5.82 Å². The molecule has 0 saturated carbocycles. The minimum absolute atomic E-state index is 0.495. The number of halogens is 1. The summed E-state index contributed by atoms with van der Waals surface area (Å²) < 4.78 is 8.53. The van der Waals surface area contributed by atoms with Gasteiger partial charge < -0.3 is 14.3 Å². The Hall–Kier alpha value is -1.07. The SMILES string of the molecule is Cc1cn2c(n1)CC[C@@H](NCc1ccc(Br)o1)C2. The van der Waals surface area contributed by atoms with Gasteiger partial charge in [-0.05, 0) is 41.4 Å². The molecule has 0 fully saturated rings. The van der Waals surface area contributed by atoms with E-state index in [0.717, 1.165) is 42.1 Å². The molecule has 1 aliphatic heterocycles. The highest BCUT2D eigenvalue weighted by Gasteiger charge is 2.19. The number of aryl methyl sites for hydroxylation is 2. The molecule has 0 saturated heterocycles. The second kappa shape index (κ2) is 4.90. The van der Waals surface area contributed by atoms with E-state index in [1.54, 1.807) is 0 Å². The Bertz CT molecular complexity index is 546. The van der Waals surface area contributed by atoms with Gasteiger partial charge in [0, 0.05) is 25.2 Å². The molecule has 5 heteroatoms. The Balaban J connectivity index is 1.59. The van der Waals surface area contributed by atoms with Gasteiger partial charge in [-0.1, -0.05) is 0 Å². The first kappa shape index (κ1) is 12.0. The van der Waals surface area contributed by atoms with Crippen molar-refractivity contribution in [2.75, 3.05) is 0 Å². The van der Waals surface area contributed by atoms with Crippen LogP contribution >= 0.6 is 15.9 Å². The number of nitrogens with zero attached hydrogens (tertiary/aromatic N) is 2. The van der Waals surface area contributed by atoms with Gasteiger partial charge in [0.2, 0.25) is 0 Å². The van der Waals surface area contributed by atoms with Crippen LogP contribution in [0.2, 0.25) is 0 Å². The Morgan fingerprint density at radius 3 is 3.22 bits per heavy atom. The molecule has 3 heterocycles. The van der Waals surface area contributed by atoms with Gasteiger partial charge >= 0.3 is 0 Å². The quantitative estimate of drug-likeness (QED) is 0.948. The summed E-state index contributed by atoms with van der Waals surface area (Å²) in [6, 6.07) is 4.41. The fourth-order valence-corrected chi connectivity index (χ4v) is 2.78. The van der Waals surface area contributed by atoms with Crippen molar-refractivity contribution in [3.8, 4) is 0 Å². The molecular weight excluding hydrogens is 294 g/mol. The van der Waals surface area contributed by atoms with Gasteiger partial charge in [0.25, 0.3) is 0 Å². The maximum atomic E-state index is 5.48. The number of nitrogens with one attached hydrogen (secondary N) is 1. The van der Waals surface area contributed by atoms with Crippen molar-refractivity contribution in [2.45, 2.75) is 38.9 Å². The number of hydrogen-bond donors (Lipinski definition) is 1. The molecule has 0 bridgehead atoms. The van der Waals surface area contributed by atoms with Crippen LogP contribution in [0.5, 0.6) is 0 Å². The van der Waals surface area contributed by atoms with Gasteiger partial charge in [-0.2, -0.15) is 0 Å². The predicted octanol–water partition coefficient (Wildman–Crippen LogP) is 2.65. The first-order valence-electron chi connectivity index (χ1n) is 6.21. The molecule has 0 unspecified atom stereocenters. The zero-order valence-corrected chi connectivity index (χ0v) is 11.9. The van der Waals surface area contributed by atoms with Crippen LogP contribution in [0.15, 0.2) is 27.4 Å². The number of hydrogen-bond acceptors (Lipinski definition) is 3. The fraction of sp³-hybridized carbons (Fsp3) is 0.462. The second-order valence-electron chi connectivity index (χ2n) is 4.77.